The molecule has 0 saturated heterocycles. The summed E-state index contributed by atoms with van der Waals surface area (Å²) in [6.07, 6.45) is 0. The van der Waals surface area contributed by atoms with Crippen LogP contribution in [0.2, 0.25) is 0 Å². The zero-order valence-electron chi connectivity index (χ0n) is 14.1. The van der Waals surface area contributed by atoms with E-state index in [1.807, 2.05) is 0 Å². The predicted molar refractivity (Wildman–Crippen MR) is 105 cm³/mol. The van der Waals surface area contributed by atoms with E-state index in [0.29, 0.717) is 22.8 Å². The molecular formula is C17H16IN3O5. The second kappa shape index (κ2) is 9.13. The SMILES string of the molecule is COc1ccc(OCC(=O)N/N=C(/C)c2ccc([N+](=O)[O-])cc2)c(I)c1. The molecule has 0 heterocycles. The van der Waals surface area contributed by atoms with Gasteiger partial charge in [-0.05, 0) is 65.4 Å². The second-order valence-corrected chi connectivity index (χ2v) is 6.28. The van der Waals surface area contributed by atoms with Crippen LogP contribution in [0.15, 0.2) is 47.6 Å². The summed E-state index contributed by atoms with van der Waals surface area (Å²) in [5.41, 5.74) is 3.58. The number of nitro benzene ring substituents is 1. The molecule has 0 spiro atoms. The molecule has 26 heavy (non-hydrogen) atoms. The Morgan fingerprint density at radius 3 is 2.54 bits per heavy atom. The van der Waals surface area contributed by atoms with Crippen molar-refractivity contribution < 1.29 is 19.2 Å². The summed E-state index contributed by atoms with van der Waals surface area (Å²) in [7, 11) is 1.57. The fraction of sp³-hybridized carbons (Fsp3) is 0.176. The molecule has 0 aliphatic heterocycles. The summed E-state index contributed by atoms with van der Waals surface area (Å²) in [4.78, 5) is 22.0. The minimum Gasteiger partial charge on any atom is -0.497 e. The largest absolute Gasteiger partial charge is 0.497 e. The maximum Gasteiger partial charge on any atom is 0.277 e. The fourth-order valence-electron chi connectivity index (χ4n) is 1.94. The summed E-state index contributed by atoms with van der Waals surface area (Å²) >= 11 is 2.09. The second-order valence-electron chi connectivity index (χ2n) is 5.12. The third kappa shape index (κ3) is 5.41. The fourth-order valence-corrected chi connectivity index (χ4v) is 2.58. The molecule has 1 amide bonds. The molecule has 9 heteroatoms. The van der Waals surface area contributed by atoms with Crippen molar-refractivity contribution in [1.82, 2.24) is 5.43 Å². The zero-order valence-corrected chi connectivity index (χ0v) is 16.2. The third-order valence-corrected chi connectivity index (χ3v) is 4.19. The molecule has 2 aromatic rings. The zero-order chi connectivity index (χ0) is 19.1. The van der Waals surface area contributed by atoms with E-state index in [0.717, 1.165) is 3.57 Å². The van der Waals surface area contributed by atoms with Gasteiger partial charge in [0, 0.05) is 12.1 Å². The van der Waals surface area contributed by atoms with Gasteiger partial charge in [0.25, 0.3) is 11.6 Å². The highest BCUT2D eigenvalue weighted by molar-refractivity contribution is 14.1. The summed E-state index contributed by atoms with van der Waals surface area (Å²) < 4.78 is 11.4. The van der Waals surface area contributed by atoms with Gasteiger partial charge in [-0.1, -0.05) is 0 Å². The highest BCUT2D eigenvalue weighted by atomic mass is 127. The van der Waals surface area contributed by atoms with Crippen molar-refractivity contribution in [3.05, 3.63) is 61.7 Å². The van der Waals surface area contributed by atoms with Crippen LogP contribution in [0.25, 0.3) is 0 Å². The van der Waals surface area contributed by atoms with Gasteiger partial charge < -0.3 is 9.47 Å². The number of benzene rings is 2. The van der Waals surface area contributed by atoms with E-state index in [1.54, 1.807) is 44.4 Å². The molecule has 0 radical (unpaired) electrons. The number of carbonyl (C=O) groups excluding carboxylic acids is 1. The lowest BCUT2D eigenvalue weighted by Crippen LogP contribution is -2.25. The summed E-state index contributed by atoms with van der Waals surface area (Å²) in [6.45, 7) is 1.49. The average molecular weight is 469 g/mol. The first-order chi connectivity index (χ1) is 12.4. The standard InChI is InChI=1S/C17H16IN3O5/c1-11(12-3-5-13(6-4-12)21(23)24)19-20-17(22)10-26-16-8-7-14(25-2)9-15(16)18/h3-9H,10H2,1-2H3,(H,20,22)/b19-11-. The topological polar surface area (TPSA) is 103 Å². The Labute approximate surface area is 163 Å². The maximum absolute atomic E-state index is 11.9. The number of methoxy groups -OCH3 is 1. The van der Waals surface area contributed by atoms with Crippen LogP contribution in [-0.2, 0) is 4.79 Å². The molecule has 2 rings (SSSR count). The summed E-state index contributed by atoms with van der Waals surface area (Å²) in [6, 6.07) is 11.2. The molecule has 136 valence electrons. The Morgan fingerprint density at radius 2 is 1.96 bits per heavy atom. The first-order valence-electron chi connectivity index (χ1n) is 7.45. The van der Waals surface area contributed by atoms with Gasteiger partial charge in [-0.2, -0.15) is 5.10 Å². The molecule has 1 N–H and O–H groups in total. The summed E-state index contributed by atoms with van der Waals surface area (Å²) in [5.74, 6) is 0.852. The smallest absolute Gasteiger partial charge is 0.277 e. The van der Waals surface area contributed by atoms with Gasteiger partial charge in [-0.3, -0.25) is 14.9 Å². The first-order valence-corrected chi connectivity index (χ1v) is 8.53. The number of rotatable bonds is 7. The molecular weight excluding hydrogens is 453 g/mol. The molecule has 0 aliphatic rings. The molecule has 0 saturated carbocycles. The van der Waals surface area contributed by atoms with E-state index in [9.17, 15) is 14.9 Å². The van der Waals surface area contributed by atoms with Crippen LogP contribution in [0.1, 0.15) is 12.5 Å². The van der Waals surface area contributed by atoms with Gasteiger partial charge >= 0.3 is 0 Å². The number of nitro groups is 1. The lowest BCUT2D eigenvalue weighted by atomic mass is 10.1. The van der Waals surface area contributed by atoms with E-state index in [-0.39, 0.29) is 12.3 Å². The van der Waals surface area contributed by atoms with Crippen LogP contribution >= 0.6 is 22.6 Å². The van der Waals surface area contributed by atoms with Crippen molar-refractivity contribution >= 4 is 39.9 Å². The van der Waals surface area contributed by atoms with Gasteiger partial charge in [0.1, 0.15) is 11.5 Å². The van der Waals surface area contributed by atoms with Crippen LogP contribution in [0.3, 0.4) is 0 Å². The molecule has 0 aromatic heterocycles. The minimum absolute atomic E-state index is 0.00641. The van der Waals surface area contributed by atoms with E-state index in [4.69, 9.17) is 9.47 Å². The maximum atomic E-state index is 11.9. The molecule has 8 nitrogen and oxygen atoms in total. The Hall–Kier alpha value is -2.69. The number of non-ortho nitro benzene ring substituents is 1. The Morgan fingerprint density at radius 1 is 1.27 bits per heavy atom. The number of ether oxygens (including phenoxy) is 2. The van der Waals surface area contributed by atoms with Crippen LogP contribution in [-0.4, -0.2) is 30.3 Å². The van der Waals surface area contributed by atoms with Crippen molar-refractivity contribution in [2.45, 2.75) is 6.92 Å². The van der Waals surface area contributed by atoms with E-state index in [1.165, 1.54) is 12.1 Å². The Balaban J connectivity index is 1.91. The van der Waals surface area contributed by atoms with Gasteiger partial charge in [0.15, 0.2) is 6.61 Å². The highest BCUT2D eigenvalue weighted by Gasteiger charge is 2.08. The number of amides is 1. The third-order valence-electron chi connectivity index (χ3n) is 3.34. The molecule has 2 aromatic carbocycles. The van der Waals surface area contributed by atoms with Crippen molar-refractivity contribution in [3.8, 4) is 11.5 Å². The van der Waals surface area contributed by atoms with Crippen molar-refractivity contribution in [3.63, 3.8) is 0 Å². The predicted octanol–water partition coefficient (Wildman–Crippen LogP) is 3.13. The van der Waals surface area contributed by atoms with Gasteiger partial charge in [0.2, 0.25) is 0 Å². The lowest BCUT2D eigenvalue weighted by molar-refractivity contribution is -0.384. The van der Waals surface area contributed by atoms with E-state index < -0.39 is 10.8 Å². The molecule has 0 atom stereocenters. The molecule has 0 bridgehead atoms. The molecule has 0 aliphatic carbocycles. The van der Waals surface area contributed by atoms with E-state index >= 15 is 0 Å². The monoisotopic (exact) mass is 469 g/mol. The number of carbonyl (C=O) groups is 1. The van der Waals surface area contributed by atoms with Gasteiger partial charge in [0.05, 0.1) is 21.3 Å². The number of hydrogen-bond donors (Lipinski definition) is 1. The highest BCUT2D eigenvalue weighted by Crippen LogP contribution is 2.25. The summed E-state index contributed by atoms with van der Waals surface area (Å²) in [5, 5.41) is 14.6. The van der Waals surface area contributed by atoms with Gasteiger partial charge in [-0.25, -0.2) is 5.43 Å². The van der Waals surface area contributed by atoms with E-state index in [2.05, 4.69) is 33.1 Å². The Kier molecular flexibility index (Phi) is 6.89. The number of halogens is 1. The van der Waals surface area contributed by atoms with Crippen molar-refractivity contribution in [2.75, 3.05) is 13.7 Å². The first kappa shape index (κ1) is 19.6. The number of nitrogens with zero attached hydrogens (tertiary/aromatic N) is 2. The van der Waals surface area contributed by atoms with Crippen LogP contribution in [0, 0.1) is 13.7 Å². The van der Waals surface area contributed by atoms with Crippen LogP contribution < -0.4 is 14.9 Å². The minimum atomic E-state index is -0.476. The Bertz CT molecular complexity index is 837. The quantitative estimate of drug-likeness (QED) is 0.291. The number of hydrazone groups is 1. The van der Waals surface area contributed by atoms with Crippen LogP contribution in [0.4, 0.5) is 5.69 Å². The average Bonchev–Trinajstić information content (AvgIpc) is 2.65. The number of hydrogen-bond acceptors (Lipinski definition) is 6. The number of nitrogens with one attached hydrogen (secondary N) is 1. The lowest BCUT2D eigenvalue weighted by Gasteiger charge is -2.09. The van der Waals surface area contributed by atoms with Crippen molar-refractivity contribution in [1.29, 1.82) is 0 Å². The van der Waals surface area contributed by atoms with Crippen LogP contribution in [0.5, 0.6) is 11.5 Å². The van der Waals surface area contributed by atoms with Gasteiger partial charge in [-0.15, -0.1) is 0 Å². The molecule has 0 fully saturated rings. The molecule has 0 unspecified atom stereocenters. The van der Waals surface area contributed by atoms with Crippen molar-refractivity contribution in [2.24, 2.45) is 5.10 Å². The normalized spacial score (nSPS) is 11.0.